The van der Waals surface area contributed by atoms with Gasteiger partial charge in [0.1, 0.15) is 5.75 Å². The van der Waals surface area contributed by atoms with E-state index in [1.165, 1.54) is 60.8 Å². The van der Waals surface area contributed by atoms with E-state index >= 15 is 0 Å². The molecule has 3 aliphatic rings. The van der Waals surface area contributed by atoms with Crippen LogP contribution < -0.4 is 10.1 Å². The summed E-state index contributed by atoms with van der Waals surface area (Å²) in [6.45, 7) is 24.5. The Morgan fingerprint density at radius 3 is 2.33 bits per heavy atom. The average Bonchev–Trinajstić information content (AvgIpc) is 3.08. The van der Waals surface area contributed by atoms with Crippen LogP contribution in [0.3, 0.4) is 0 Å². The molecule has 0 saturated heterocycles. The lowest BCUT2D eigenvalue weighted by molar-refractivity contribution is 0.204. The van der Waals surface area contributed by atoms with Crippen molar-refractivity contribution in [1.29, 1.82) is 0 Å². The van der Waals surface area contributed by atoms with E-state index in [4.69, 9.17) is 16.3 Å². The molecule has 1 heterocycles. The van der Waals surface area contributed by atoms with Crippen LogP contribution in [0.2, 0.25) is 0 Å². The van der Waals surface area contributed by atoms with Crippen molar-refractivity contribution >= 4 is 17.2 Å². The first-order valence-corrected chi connectivity index (χ1v) is 17.9. The van der Waals surface area contributed by atoms with Crippen molar-refractivity contribution in [3.05, 3.63) is 58.2 Å². The van der Waals surface area contributed by atoms with E-state index in [-0.39, 0.29) is 0 Å². The summed E-state index contributed by atoms with van der Waals surface area (Å²) in [5.41, 5.74) is 6.90. The average molecular weight is 598 g/mol. The molecule has 0 amide bonds. The van der Waals surface area contributed by atoms with Gasteiger partial charge < -0.3 is 10.1 Å². The molecular weight excluding hydrogens is 534 g/mol. The van der Waals surface area contributed by atoms with Gasteiger partial charge in [0.25, 0.3) is 0 Å². The second-order valence-electron chi connectivity index (χ2n) is 13.1. The standard InChI is InChI=1S/C33H48ClNO.C4H10.C2H6/c1-5-11-26-18-28(34)15-16-30(26)27-20-35-21-32(29(7-3)24-12-9-8-10-13-24)31-19-25(23(4)6-2)14-17-33(31)36-22-27;1-4(2)3;1-2/h14,17-19,24,27,29,32,35H,4-13,15-16,20-22H2,1-3H3;4H,1-3H3;1-2H3. The summed E-state index contributed by atoms with van der Waals surface area (Å²) in [4.78, 5) is 0. The van der Waals surface area contributed by atoms with Crippen molar-refractivity contribution in [2.24, 2.45) is 23.7 Å². The number of hydrogen-bond donors (Lipinski definition) is 1. The van der Waals surface area contributed by atoms with Gasteiger partial charge in [0, 0.05) is 30.0 Å². The molecule has 1 saturated carbocycles. The molecule has 1 aromatic rings. The quantitative estimate of drug-likeness (QED) is 0.322. The van der Waals surface area contributed by atoms with Crippen molar-refractivity contribution in [2.45, 2.75) is 132 Å². The van der Waals surface area contributed by atoms with Crippen LogP contribution in [-0.2, 0) is 0 Å². The molecule has 0 aromatic heterocycles. The van der Waals surface area contributed by atoms with Crippen molar-refractivity contribution in [2.75, 3.05) is 19.7 Å². The number of hydrogen-bond acceptors (Lipinski definition) is 2. The molecule has 42 heavy (non-hydrogen) atoms. The molecule has 0 spiro atoms. The molecule has 1 N–H and O–H groups in total. The van der Waals surface area contributed by atoms with E-state index in [9.17, 15) is 0 Å². The fourth-order valence-corrected chi connectivity index (χ4v) is 7.24. The number of nitrogens with one attached hydrogen (secondary N) is 1. The van der Waals surface area contributed by atoms with Crippen LogP contribution in [-0.4, -0.2) is 19.7 Å². The SMILES string of the molecule is C=C(CC)c1ccc2c(c1)C(C(CC)C1CCCCC1)CNCC(C1=C(CCC)C=C(Cl)CC1)CO2.CC.CC(C)C. The molecule has 238 valence electrons. The highest BCUT2D eigenvalue weighted by atomic mass is 35.5. The Morgan fingerprint density at radius 2 is 1.71 bits per heavy atom. The highest BCUT2D eigenvalue weighted by Gasteiger charge is 2.33. The van der Waals surface area contributed by atoms with Gasteiger partial charge in [0.2, 0.25) is 0 Å². The minimum Gasteiger partial charge on any atom is -0.493 e. The Balaban J connectivity index is 0.000000947. The Kier molecular flexibility index (Phi) is 17.2. The zero-order valence-electron chi connectivity index (χ0n) is 28.6. The van der Waals surface area contributed by atoms with Gasteiger partial charge in [-0.25, -0.2) is 0 Å². The van der Waals surface area contributed by atoms with Crippen molar-refractivity contribution < 1.29 is 4.74 Å². The van der Waals surface area contributed by atoms with Gasteiger partial charge in [0.15, 0.2) is 0 Å². The third kappa shape index (κ3) is 10.9. The summed E-state index contributed by atoms with van der Waals surface area (Å²) >= 11 is 6.47. The Morgan fingerprint density at radius 1 is 1.02 bits per heavy atom. The lowest BCUT2D eigenvalue weighted by atomic mass is 9.70. The number of halogens is 1. The third-order valence-electron chi connectivity index (χ3n) is 9.07. The first kappa shape index (κ1) is 36.7. The molecule has 0 bridgehead atoms. The largest absolute Gasteiger partial charge is 0.493 e. The second kappa shape index (κ2) is 19.7. The zero-order chi connectivity index (χ0) is 31.1. The van der Waals surface area contributed by atoms with Gasteiger partial charge in [-0.1, -0.05) is 130 Å². The third-order valence-corrected chi connectivity index (χ3v) is 9.37. The Labute approximate surface area is 265 Å². The van der Waals surface area contributed by atoms with Gasteiger partial charge in [-0.15, -0.1) is 0 Å². The Bertz CT molecular complexity index is 997. The smallest absolute Gasteiger partial charge is 0.122 e. The number of fused-ring (bicyclic) bond motifs is 1. The molecule has 2 nitrogen and oxygen atoms in total. The molecule has 0 radical (unpaired) electrons. The van der Waals surface area contributed by atoms with E-state index in [1.54, 1.807) is 5.57 Å². The molecule has 3 heteroatoms. The summed E-state index contributed by atoms with van der Waals surface area (Å²) in [5.74, 6) is 4.30. The number of benzene rings is 1. The van der Waals surface area contributed by atoms with E-state index in [2.05, 4.69) is 77.7 Å². The molecule has 4 rings (SSSR count). The topological polar surface area (TPSA) is 21.3 Å². The van der Waals surface area contributed by atoms with Gasteiger partial charge in [-0.2, -0.15) is 0 Å². The van der Waals surface area contributed by atoms with Crippen LogP contribution in [0.1, 0.15) is 143 Å². The fourth-order valence-electron chi connectivity index (χ4n) is 7.02. The first-order valence-electron chi connectivity index (χ1n) is 17.5. The lowest BCUT2D eigenvalue weighted by Gasteiger charge is -2.36. The van der Waals surface area contributed by atoms with E-state index in [0.717, 1.165) is 74.4 Å². The summed E-state index contributed by atoms with van der Waals surface area (Å²) in [5, 5.41) is 4.97. The highest BCUT2D eigenvalue weighted by molar-refractivity contribution is 6.29. The first-order chi connectivity index (χ1) is 20.3. The van der Waals surface area contributed by atoms with Gasteiger partial charge in [0.05, 0.1) is 6.61 Å². The van der Waals surface area contributed by atoms with Gasteiger partial charge >= 0.3 is 0 Å². The predicted molar refractivity (Wildman–Crippen MR) is 188 cm³/mol. The molecular formula is C39H64ClNO. The monoisotopic (exact) mass is 597 g/mol. The van der Waals surface area contributed by atoms with Crippen LogP contribution in [0.5, 0.6) is 5.75 Å². The maximum Gasteiger partial charge on any atom is 0.122 e. The van der Waals surface area contributed by atoms with Crippen molar-refractivity contribution in [1.82, 2.24) is 5.32 Å². The Hall–Kier alpha value is -1.51. The second-order valence-corrected chi connectivity index (χ2v) is 13.6. The zero-order valence-corrected chi connectivity index (χ0v) is 29.3. The molecule has 3 unspecified atom stereocenters. The molecule has 3 atom stereocenters. The van der Waals surface area contributed by atoms with E-state index < -0.39 is 0 Å². The van der Waals surface area contributed by atoms with Crippen LogP contribution >= 0.6 is 11.6 Å². The minimum atomic E-state index is 0.388. The molecule has 1 aliphatic heterocycles. The lowest BCUT2D eigenvalue weighted by Crippen LogP contribution is -2.34. The molecule has 1 fully saturated rings. The van der Waals surface area contributed by atoms with Crippen LogP contribution in [0, 0.1) is 23.7 Å². The maximum absolute atomic E-state index is 6.75. The van der Waals surface area contributed by atoms with Crippen LogP contribution in [0.4, 0.5) is 0 Å². The summed E-state index contributed by atoms with van der Waals surface area (Å²) in [6.07, 6.45) is 15.7. The van der Waals surface area contributed by atoms with Gasteiger partial charge in [-0.3, -0.25) is 0 Å². The molecule has 2 aliphatic carbocycles. The number of rotatable bonds is 8. The highest BCUT2D eigenvalue weighted by Crippen LogP contribution is 2.44. The normalized spacial score (nSPS) is 22.1. The van der Waals surface area contributed by atoms with E-state index in [0.29, 0.717) is 17.8 Å². The van der Waals surface area contributed by atoms with Gasteiger partial charge in [-0.05, 0) is 83.9 Å². The number of ether oxygens (including phenoxy) is 1. The van der Waals surface area contributed by atoms with E-state index in [1.807, 2.05) is 13.8 Å². The minimum absolute atomic E-state index is 0.388. The van der Waals surface area contributed by atoms with Crippen molar-refractivity contribution in [3.8, 4) is 5.75 Å². The fraction of sp³-hybridized carbons (Fsp3) is 0.692. The molecule has 1 aromatic carbocycles. The summed E-state index contributed by atoms with van der Waals surface area (Å²) in [7, 11) is 0. The maximum atomic E-state index is 6.75. The van der Waals surface area contributed by atoms with Crippen LogP contribution in [0.15, 0.2) is 47.0 Å². The summed E-state index contributed by atoms with van der Waals surface area (Å²) in [6, 6.07) is 6.90. The van der Waals surface area contributed by atoms with Crippen molar-refractivity contribution in [3.63, 3.8) is 0 Å². The number of allylic oxidation sites excluding steroid dienone is 4. The predicted octanol–water partition coefficient (Wildman–Crippen LogP) is 12.1. The summed E-state index contributed by atoms with van der Waals surface area (Å²) < 4.78 is 6.75. The van der Waals surface area contributed by atoms with Crippen LogP contribution in [0.25, 0.3) is 5.57 Å².